The molecule has 1 aromatic heterocycles. The summed E-state index contributed by atoms with van der Waals surface area (Å²) < 4.78 is 1.95. The Bertz CT molecular complexity index is 362. The van der Waals surface area contributed by atoms with Crippen LogP contribution >= 0.6 is 0 Å². The zero-order valence-corrected chi connectivity index (χ0v) is 9.82. The predicted molar refractivity (Wildman–Crippen MR) is 61.1 cm³/mol. The van der Waals surface area contributed by atoms with Gasteiger partial charge in [-0.15, -0.1) is 0 Å². The van der Waals surface area contributed by atoms with E-state index in [0.29, 0.717) is 5.92 Å². The lowest BCUT2D eigenvalue weighted by Crippen LogP contribution is -2.43. The fourth-order valence-electron chi connectivity index (χ4n) is 2.16. The highest BCUT2D eigenvalue weighted by molar-refractivity contribution is 5.06. The average molecular weight is 221 g/mol. The summed E-state index contributed by atoms with van der Waals surface area (Å²) in [5, 5.41) is 7.87. The molecule has 0 atom stereocenters. The lowest BCUT2D eigenvalue weighted by Gasteiger charge is -2.26. The van der Waals surface area contributed by atoms with E-state index in [2.05, 4.69) is 20.3 Å². The van der Waals surface area contributed by atoms with Crippen molar-refractivity contribution in [1.29, 1.82) is 0 Å². The van der Waals surface area contributed by atoms with Gasteiger partial charge in [0.2, 0.25) is 0 Å². The van der Waals surface area contributed by atoms with Gasteiger partial charge >= 0.3 is 0 Å². The molecule has 2 fully saturated rings. The third-order valence-corrected chi connectivity index (χ3v) is 3.39. The van der Waals surface area contributed by atoms with E-state index in [1.54, 1.807) is 0 Å². The van der Waals surface area contributed by atoms with Gasteiger partial charge in [-0.25, -0.2) is 4.98 Å². The number of rotatable bonds is 3. The van der Waals surface area contributed by atoms with Crippen molar-refractivity contribution in [3.8, 4) is 0 Å². The van der Waals surface area contributed by atoms with Crippen LogP contribution in [0, 0.1) is 0 Å². The summed E-state index contributed by atoms with van der Waals surface area (Å²) in [5.41, 5.74) is 0. The normalized spacial score (nSPS) is 22.6. The Morgan fingerprint density at radius 1 is 1.31 bits per heavy atom. The number of nitrogens with one attached hydrogen (secondary N) is 1. The van der Waals surface area contributed by atoms with Crippen molar-refractivity contribution in [2.75, 3.05) is 26.2 Å². The Morgan fingerprint density at radius 3 is 2.75 bits per heavy atom. The van der Waals surface area contributed by atoms with Gasteiger partial charge in [0.15, 0.2) is 5.82 Å². The Hall–Kier alpha value is -0.940. The zero-order chi connectivity index (χ0) is 11.0. The Kier molecular flexibility index (Phi) is 2.65. The van der Waals surface area contributed by atoms with Gasteiger partial charge < -0.3 is 5.32 Å². The van der Waals surface area contributed by atoms with Gasteiger partial charge in [0.1, 0.15) is 5.82 Å². The molecule has 1 aromatic rings. The summed E-state index contributed by atoms with van der Waals surface area (Å²) in [6.45, 7) is 5.36. The molecular formula is C11H19N5. The van der Waals surface area contributed by atoms with Crippen LogP contribution in [0.3, 0.4) is 0 Å². The maximum absolute atomic E-state index is 4.66. The molecular weight excluding hydrogens is 202 g/mol. The van der Waals surface area contributed by atoms with Crippen LogP contribution in [0.15, 0.2) is 0 Å². The third kappa shape index (κ3) is 2.10. The van der Waals surface area contributed by atoms with Gasteiger partial charge in [-0.3, -0.25) is 9.58 Å². The molecule has 1 N–H and O–H groups in total. The van der Waals surface area contributed by atoms with E-state index in [1.165, 1.54) is 12.8 Å². The van der Waals surface area contributed by atoms with Crippen molar-refractivity contribution in [3.63, 3.8) is 0 Å². The Labute approximate surface area is 95.8 Å². The second-order valence-corrected chi connectivity index (χ2v) is 4.81. The van der Waals surface area contributed by atoms with Gasteiger partial charge in [-0.05, 0) is 12.8 Å². The van der Waals surface area contributed by atoms with E-state index >= 15 is 0 Å². The van der Waals surface area contributed by atoms with Crippen LogP contribution in [0.1, 0.15) is 30.4 Å². The molecule has 2 aliphatic rings. The van der Waals surface area contributed by atoms with Gasteiger partial charge in [0.05, 0.1) is 6.54 Å². The van der Waals surface area contributed by atoms with E-state index in [1.807, 2.05) is 11.7 Å². The number of piperazine rings is 1. The Morgan fingerprint density at radius 2 is 2.06 bits per heavy atom. The number of nitrogens with zero attached hydrogens (tertiary/aromatic N) is 4. The summed E-state index contributed by atoms with van der Waals surface area (Å²) in [6.07, 6.45) is 2.55. The summed E-state index contributed by atoms with van der Waals surface area (Å²) >= 11 is 0. The van der Waals surface area contributed by atoms with E-state index in [-0.39, 0.29) is 0 Å². The minimum atomic E-state index is 0.656. The van der Waals surface area contributed by atoms with Crippen molar-refractivity contribution in [2.24, 2.45) is 7.05 Å². The summed E-state index contributed by atoms with van der Waals surface area (Å²) in [7, 11) is 2.01. The van der Waals surface area contributed by atoms with E-state index in [9.17, 15) is 0 Å². The summed E-state index contributed by atoms with van der Waals surface area (Å²) in [6, 6.07) is 0. The van der Waals surface area contributed by atoms with E-state index < -0.39 is 0 Å². The first-order valence-corrected chi connectivity index (χ1v) is 6.16. The van der Waals surface area contributed by atoms with Crippen LogP contribution in [-0.4, -0.2) is 45.8 Å². The van der Waals surface area contributed by atoms with Gasteiger partial charge in [0.25, 0.3) is 0 Å². The third-order valence-electron chi connectivity index (χ3n) is 3.39. The number of hydrogen-bond donors (Lipinski definition) is 1. The molecule has 5 heteroatoms. The lowest BCUT2D eigenvalue weighted by atomic mass is 10.3. The summed E-state index contributed by atoms with van der Waals surface area (Å²) in [4.78, 5) is 7.10. The molecule has 88 valence electrons. The number of aryl methyl sites for hydroxylation is 1. The highest BCUT2D eigenvalue weighted by Gasteiger charge is 2.28. The predicted octanol–water partition coefficient (Wildman–Crippen LogP) is 0.0977. The largest absolute Gasteiger partial charge is 0.314 e. The first kappa shape index (κ1) is 10.2. The lowest BCUT2D eigenvalue weighted by molar-refractivity contribution is 0.225. The van der Waals surface area contributed by atoms with Crippen molar-refractivity contribution in [3.05, 3.63) is 11.6 Å². The monoisotopic (exact) mass is 221 g/mol. The zero-order valence-electron chi connectivity index (χ0n) is 9.82. The highest BCUT2D eigenvalue weighted by atomic mass is 15.4. The molecule has 1 aliphatic heterocycles. The van der Waals surface area contributed by atoms with Crippen LogP contribution in [0.25, 0.3) is 0 Å². The SMILES string of the molecule is Cn1nc(C2CC2)nc1CN1CCNCC1. The second kappa shape index (κ2) is 4.14. The maximum atomic E-state index is 4.66. The molecule has 1 saturated carbocycles. The average Bonchev–Trinajstić information content (AvgIpc) is 3.07. The van der Waals surface area contributed by atoms with Crippen molar-refractivity contribution in [1.82, 2.24) is 25.0 Å². The van der Waals surface area contributed by atoms with E-state index in [4.69, 9.17) is 0 Å². The van der Waals surface area contributed by atoms with Crippen molar-refractivity contribution in [2.45, 2.75) is 25.3 Å². The van der Waals surface area contributed by atoms with Gasteiger partial charge in [-0.2, -0.15) is 5.10 Å². The molecule has 0 radical (unpaired) electrons. The first-order valence-electron chi connectivity index (χ1n) is 6.16. The van der Waals surface area contributed by atoms with Gasteiger partial charge in [-0.1, -0.05) is 0 Å². The molecule has 0 amide bonds. The molecule has 1 aliphatic carbocycles. The maximum Gasteiger partial charge on any atom is 0.154 e. The molecule has 1 saturated heterocycles. The van der Waals surface area contributed by atoms with Crippen LogP contribution < -0.4 is 5.32 Å². The van der Waals surface area contributed by atoms with Crippen LogP contribution in [-0.2, 0) is 13.6 Å². The van der Waals surface area contributed by atoms with Crippen molar-refractivity contribution >= 4 is 0 Å². The number of aromatic nitrogens is 3. The molecule has 2 heterocycles. The highest BCUT2D eigenvalue weighted by Crippen LogP contribution is 2.38. The van der Waals surface area contributed by atoms with Crippen LogP contribution in [0.2, 0.25) is 0 Å². The van der Waals surface area contributed by atoms with Crippen LogP contribution in [0.4, 0.5) is 0 Å². The molecule has 3 rings (SSSR count). The molecule has 0 spiro atoms. The second-order valence-electron chi connectivity index (χ2n) is 4.81. The molecule has 16 heavy (non-hydrogen) atoms. The standard InChI is InChI=1S/C11H19N5/c1-15-10(8-16-6-4-12-5-7-16)13-11(14-15)9-2-3-9/h9,12H,2-8H2,1H3. The molecule has 0 aromatic carbocycles. The van der Waals surface area contributed by atoms with Gasteiger partial charge in [0, 0.05) is 39.1 Å². The molecule has 5 nitrogen and oxygen atoms in total. The molecule has 0 bridgehead atoms. The molecule has 0 unspecified atom stereocenters. The van der Waals surface area contributed by atoms with Crippen LogP contribution in [0.5, 0.6) is 0 Å². The van der Waals surface area contributed by atoms with Crippen molar-refractivity contribution < 1.29 is 0 Å². The minimum Gasteiger partial charge on any atom is -0.314 e. The first-order chi connectivity index (χ1) is 7.83. The smallest absolute Gasteiger partial charge is 0.154 e. The quantitative estimate of drug-likeness (QED) is 0.786. The van der Waals surface area contributed by atoms with E-state index in [0.717, 1.165) is 44.4 Å². The number of hydrogen-bond acceptors (Lipinski definition) is 4. The summed E-state index contributed by atoms with van der Waals surface area (Å²) in [5.74, 6) is 2.83. The minimum absolute atomic E-state index is 0.656. The Balaban J connectivity index is 1.68. The fourth-order valence-corrected chi connectivity index (χ4v) is 2.16. The topological polar surface area (TPSA) is 46.0 Å². The fraction of sp³-hybridized carbons (Fsp3) is 0.818.